The van der Waals surface area contributed by atoms with Crippen molar-refractivity contribution < 1.29 is 4.92 Å². The third-order valence-electron chi connectivity index (χ3n) is 2.43. The quantitative estimate of drug-likeness (QED) is 0.520. The van der Waals surface area contributed by atoms with Crippen LogP contribution in [0.5, 0.6) is 0 Å². The second-order valence-corrected chi connectivity index (χ2v) is 5.30. The van der Waals surface area contributed by atoms with E-state index in [1.165, 1.54) is 4.88 Å². The first-order chi connectivity index (χ1) is 9.10. The smallest absolute Gasteiger partial charge is 0.329 e. The molecule has 0 saturated carbocycles. The molecule has 0 amide bonds. The Labute approximate surface area is 118 Å². The summed E-state index contributed by atoms with van der Waals surface area (Å²) in [7, 11) is 0. The third kappa shape index (κ3) is 3.39. The Bertz CT molecular complexity index is 602. The zero-order valence-corrected chi connectivity index (χ0v) is 11.7. The van der Waals surface area contributed by atoms with Crippen molar-refractivity contribution in [2.75, 3.05) is 5.32 Å². The van der Waals surface area contributed by atoms with Crippen molar-refractivity contribution in [1.29, 1.82) is 0 Å². The molecule has 0 spiro atoms. The molecule has 0 atom stereocenters. The number of thiophene rings is 1. The lowest BCUT2D eigenvalue weighted by molar-refractivity contribution is -0.384. The van der Waals surface area contributed by atoms with Crippen molar-refractivity contribution in [1.82, 2.24) is 9.97 Å². The van der Waals surface area contributed by atoms with Crippen LogP contribution >= 0.6 is 22.9 Å². The third-order valence-corrected chi connectivity index (χ3v) is 3.84. The highest BCUT2D eigenvalue weighted by Crippen LogP contribution is 2.24. The van der Waals surface area contributed by atoms with E-state index in [0.29, 0.717) is 6.54 Å². The van der Waals surface area contributed by atoms with Gasteiger partial charge in [0.05, 0.1) is 11.5 Å². The van der Waals surface area contributed by atoms with Gasteiger partial charge in [-0.3, -0.25) is 10.1 Å². The maximum Gasteiger partial charge on any atom is 0.329 e. The largest absolute Gasteiger partial charge is 0.359 e. The monoisotopic (exact) mass is 298 g/mol. The molecule has 0 fully saturated rings. The van der Waals surface area contributed by atoms with Crippen molar-refractivity contribution in [3.63, 3.8) is 0 Å². The number of rotatable bonds is 5. The van der Waals surface area contributed by atoms with Crippen LogP contribution in [-0.2, 0) is 13.0 Å². The molecule has 0 bridgehead atoms. The molecule has 2 aromatic rings. The van der Waals surface area contributed by atoms with Crippen molar-refractivity contribution in [3.8, 4) is 0 Å². The maximum absolute atomic E-state index is 10.8. The van der Waals surface area contributed by atoms with Crippen LogP contribution in [0.4, 0.5) is 11.5 Å². The van der Waals surface area contributed by atoms with Crippen LogP contribution in [0.15, 0.2) is 18.3 Å². The first-order valence-electron chi connectivity index (χ1n) is 5.58. The lowest BCUT2D eigenvalue weighted by Gasteiger charge is -2.04. The molecule has 8 heteroatoms. The van der Waals surface area contributed by atoms with Crippen molar-refractivity contribution in [2.24, 2.45) is 0 Å². The number of nitro groups is 1. The van der Waals surface area contributed by atoms with Gasteiger partial charge in [-0.1, -0.05) is 6.92 Å². The summed E-state index contributed by atoms with van der Waals surface area (Å²) in [6.45, 7) is 2.55. The molecule has 0 aromatic carbocycles. The van der Waals surface area contributed by atoms with Crippen LogP contribution in [0.3, 0.4) is 0 Å². The van der Waals surface area contributed by atoms with E-state index < -0.39 is 4.92 Å². The van der Waals surface area contributed by atoms with Crippen LogP contribution in [-0.4, -0.2) is 14.9 Å². The minimum atomic E-state index is -0.537. The Morgan fingerprint density at radius 2 is 2.21 bits per heavy atom. The van der Waals surface area contributed by atoms with Crippen LogP contribution in [0.25, 0.3) is 0 Å². The lowest BCUT2D eigenvalue weighted by Crippen LogP contribution is -2.04. The lowest BCUT2D eigenvalue weighted by atomic mass is 10.3. The van der Waals surface area contributed by atoms with E-state index in [1.807, 2.05) is 12.1 Å². The van der Waals surface area contributed by atoms with Gasteiger partial charge in [0.25, 0.3) is 0 Å². The van der Waals surface area contributed by atoms with E-state index in [0.717, 1.165) is 17.5 Å². The number of aryl methyl sites for hydroxylation is 1. The predicted octanol–water partition coefficient (Wildman–Crippen LogP) is 3.27. The van der Waals surface area contributed by atoms with Crippen molar-refractivity contribution in [2.45, 2.75) is 19.9 Å². The van der Waals surface area contributed by atoms with Gasteiger partial charge in [-0.15, -0.1) is 11.3 Å². The predicted molar refractivity (Wildman–Crippen MR) is 74.7 cm³/mol. The average molecular weight is 299 g/mol. The minimum Gasteiger partial charge on any atom is -0.359 e. The Kier molecular flexibility index (Phi) is 4.28. The molecular weight excluding hydrogens is 288 g/mol. The number of hydrogen-bond donors (Lipinski definition) is 1. The normalized spacial score (nSPS) is 10.4. The maximum atomic E-state index is 10.8. The number of nitrogens with zero attached hydrogens (tertiary/aromatic N) is 3. The summed E-state index contributed by atoms with van der Waals surface area (Å²) in [5, 5.41) is 13.7. The molecule has 6 nitrogen and oxygen atoms in total. The molecule has 2 aromatic heterocycles. The molecule has 0 radical (unpaired) electrons. The molecule has 1 N–H and O–H groups in total. The van der Waals surface area contributed by atoms with E-state index in [2.05, 4.69) is 22.2 Å². The molecular formula is C11H11ClN4O2S. The van der Waals surface area contributed by atoms with Crippen molar-refractivity contribution >= 4 is 34.4 Å². The summed E-state index contributed by atoms with van der Waals surface area (Å²) < 4.78 is 0. The zero-order chi connectivity index (χ0) is 13.8. The molecule has 0 unspecified atom stereocenters. The fourth-order valence-corrected chi connectivity index (χ4v) is 2.53. The highest BCUT2D eigenvalue weighted by Gasteiger charge is 2.16. The van der Waals surface area contributed by atoms with E-state index in [9.17, 15) is 10.1 Å². The number of halogens is 1. The number of aromatic nitrogens is 2. The van der Waals surface area contributed by atoms with E-state index >= 15 is 0 Å². The molecule has 0 saturated heterocycles. The molecule has 100 valence electrons. The summed E-state index contributed by atoms with van der Waals surface area (Å²) in [4.78, 5) is 20.1. The van der Waals surface area contributed by atoms with Crippen LogP contribution in [0.1, 0.15) is 16.7 Å². The van der Waals surface area contributed by atoms with Gasteiger partial charge in [0, 0.05) is 9.75 Å². The Hall–Kier alpha value is -1.73. The Balaban J connectivity index is 2.14. The van der Waals surface area contributed by atoms with Crippen LogP contribution in [0.2, 0.25) is 5.28 Å². The van der Waals surface area contributed by atoms with E-state index in [4.69, 9.17) is 11.6 Å². The van der Waals surface area contributed by atoms with Gasteiger partial charge in [-0.25, -0.2) is 4.98 Å². The fourth-order valence-electron chi connectivity index (χ4n) is 1.50. The highest BCUT2D eigenvalue weighted by atomic mass is 35.5. The molecule has 2 rings (SSSR count). The second kappa shape index (κ2) is 5.94. The summed E-state index contributed by atoms with van der Waals surface area (Å²) in [6.07, 6.45) is 2.08. The van der Waals surface area contributed by atoms with E-state index in [1.54, 1.807) is 11.3 Å². The van der Waals surface area contributed by atoms with Gasteiger partial charge < -0.3 is 5.32 Å². The average Bonchev–Trinajstić information content (AvgIpc) is 2.84. The van der Waals surface area contributed by atoms with Gasteiger partial charge in [0.1, 0.15) is 6.20 Å². The van der Waals surface area contributed by atoms with Gasteiger partial charge in [0.2, 0.25) is 11.1 Å². The van der Waals surface area contributed by atoms with Gasteiger partial charge in [-0.2, -0.15) is 4.98 Å². The number of anilines is 1. The van der Waals surface area contributed by atoms with Crippen LogP contribution in [0, 0.1) is 10.1 Å². The standard InChI is InChI=1S/C11H11ClN4O2S/c1-2-7-3-4-8(19-7)5-13-10-9(16(17)18)6-14-11(12)15-10/h3-4,6H,2,5H2,1H3,(H,13,14,15). The second-order valence-electron chi connectivity index (χ2n) is 3.71. The van der Waals surface area contributed by atoms with Gasteiger partial charge in [-0.05, 0) is 30.2 Å². The highest BCUT2D eigenvalue weighted by molar-refractivity contribution is 7.12. The number of hydrogen-bond acceptors (Lipinski definition) is 6. The molecule has 0 aliphatic heterocycles. The Morgan fingerprint density at radius 3 is 2.84 bits per heavy atom. The van der Waals surface area contributed by atoms with Gasteiger partial charge in [0.15, 0.2) is 0 Å². The Morgan fingerprint density at radius 1 is 1.47 bits per heavy atom. The molecule has 19 heavy (non-hydrogen) atoms. The summed E-state index contributed by atoms with van der Waals surface area (Å²) in [5.41, 5.74) is -0.184. The fraction of sp³-hybridized carbons (Fsp3) is 0.273. The molecule has 0 aliphatic rings. The summed E-state index contributed by atoms with van der Waals surface area (Å²) in [5.74, 6) is 0.136. The van der Waals surface area contributed by atoms with Crippen LogP contribution < -0.4 is 5.32 Å². The topological polar surface area (TPSA) is 81.0 Å². The van der Waals surface area contributed by atoms with E-state index in [-0.39, 0.29) is 16.8 Å². The minimum absolute atomic E-state index is 0.0199. The first kappa shape index (κ1) is 13.7. The zero-order valence-electron chi connectivity index (χ0n) is 10.1. The van der Waals surface area contributed by atoms with Crippen molar-refractivity contribution in [3.05, 3.63) is 43.5 Å². The number of nitrogens with one attached hydrogen (secondary N) is 1. The molecule has 0 aliphatic carbocycles. The van der Waals surface area contributed by atoms with Gasteiger partial charge >= 0.3 is 5.69 Å². The summed E-state index contributed by atoms with van der Waals surface area (Å²) in [6, 6.07) is 4.04. The molecule has 2 heterocycles. The summed E-state index contributed by atoms with van der Waals surface area (Å²) >= 11 is 7.31. The first-order valence-corrected chi connectivity index (χ1v) is 6.78. The SMILES string of the molecule is CCc1ccc(CNc2nc(Cl)ncc2[N+](=O)[O-])s1.